The molecule has 1 amide bonds. The number of rotatable bonds is 4. The maximum Gasteiger partial charge on any atom is 0.359 e. The first-order valence-electron chi connectivity index (χ1n) is 6.04. The van der Waals surface area contributed by atoms with Crippen molar-refractivity contribution in [1.82, 2.24) is 4.90 Å². The summed E-state index contributed by atoms with van der Waals surface area (Å²) in [5.74, 6) is -5.91. The molecular formula is C12H14ClF4NOSi. The summed E-state index contributed by atoms with van der Waals surface area (Å²) < 4.78 is 51.2. The molecule has 8 heteroatoms. The molecule has 0 aliphatic heterocycles. The zero-order valence-electron chi connectivity index (χ0n) is 11.0. The number of hydrogen-bond donors (Lipinski definition) is 0. The average Bonchev–Trinajstić information content (AvgIpc) is 2.34. The first-order chi connectivity index (χ1) is 9.21. The number of amides is 1. The van der Waals surface area contributed by atoms with Gasteiger partial charge in [0.2, 0.25) is 0 Å². The van der Waals surface area contributed by atoms with E-state index in [9.17, 15) is 22.4 Å². The predicted molar refractivity (Wildman–Crippen MR) is 72.9 cm³/mol. The Bertz CT molecular complexity index is 503. The van der Waals surface area contributed by atoms with Crippen LogP contribution in [0.1, 0.15) is 24.2 Å². The zero-order chi connectivity index (χ0) is 15.5. The molecule has 0 spiro atoms. The monoisotopic (exact) mass is 327 g/mol. The molecule has 0 aliphatic rings. The number of carbonyl (C=O) groups is 1. The number of carbonyl (C=O) groups excluding carboxylic acids is 1. The van der Waals surface area contributed by atoms with Gasteiger partial charge < -0.3 is 4.90 Å². The summed E-state index contributed by atoms with van der Waals surface area (Å²) in [7, 11) is -2.73. The maximum absolute atomic E-state index is 13.5. The van der Waals surface area contributed by atoms with Crippen LogP contribution >= 0.6 is 11.6 Å². The van der Waals surface area contributed by atoms with Gasteiger partial charge in [0, 0.05) is 13.1 Å². The Labute approximate surface area is 121 Å². The number of halogens is 5. The molecule has 0 fully saturated rings. The minimum atomic E-state index is -4.36. The van der Waals surface area contributed by atoms with Gasteiger partial charge in [-0.1, -0.05) is 17.7 Å². The van der Waals surface area contributed by atoms with E-state index in [0.29, 0.717) is 13.1 Å². The van der Waals surface area contributed by atoms with Crippen molar-refractivity contribution >= 4 is 32.2 Å². The van der Waals surface area contributed by atoms with Crippen LogP contribution in [0, 0.1) is 5.82 Å². The lowest BCUT2D eigenvalue weighted by Crippen LogP contribution is -2.39. The molecule has 1 aromatic carbocycles. The third-order valence-corrected chi connectivity index (χ3v) is 4.58. The second-order valence-electron chi connectivity index (χ2n) is 4.16. The fourth-order valence-electron chi connectivity index (χ4n) is 1.85. The molecule has 1 aromatic rings. The average molecular weight is 328 g/mol. The highest BCUT2D eigenvalue weighted by molar-refractivity contribution is 6.58. The molecule has 0 N–H and O–H groups in total. The molecule has 0 radical (unpaired) electrons. The van der Waals surface area contributed by atoms with Crippen LogP contribution in [0.3, 0.4) is 0 Å². The summed E-state index contributed by atoms with van der Waals surface area (Å²) >= 11 is 5.71. The standard InChI is InChI=1S/C12H14ClF4NOSi/c1-3-18(4-2)11(19)9-8(20-12(15,16)17)6-5-7(14)10(9)13/h5-6H,3-4,20H2,1-2H3. The van der Waals surface area contributed by atoms with Crippen LogP contribution in [-0.4, -0.2) is 39.2 Å². The normalized spacial score (nSPS) is 12.2. The van der Waals surface area contributed by atoms with E-state index in [2.05, 4.69) is 0 Å². The Hall–Kier alpha value is -1.08. The van der Waals surface area contributed by atoms with Crippen molar-refractivity contribution in [3.05, 3.63) is 28.5 Å². The first-order valence-corrected chi connectivity index (χ1v) is 7.83. The van der Waals surface area contributed by atoms with Gasteiger partial charge in [-0.05, 0) is 25.1 Å². The van der Waals surface area contributed by atoms with Crippen LogP contribution in [0.5, 0.6) is 0 Å². The molecule has 0 heterocycles. The molecule has 20 heavy (non-hydrogen) atoms. The summed E-state index contributed by atoms with van der Waals surface area (Å²) in [5, 5.41) is -0.711. The van der Waals surface area contributed by atoms with E-state index in [-0.39, 0.29) is 10.8 Å². The minimum absolute atomic E-state index is 0.180. The molecule has 112 valence electrons. The van der Waals surface area contributed by atoms with E-state index in [1.807, 2.05) is 0 Å². The molecule has 0 unspecified atom stereocenters. The lowest BCUT2D eigenvalue weighted by Gasteiger charge is -2.21. The third kappa shape index (κ3) is 3.96. The van der Waals surface area contributed by atoms with Gasteiger partial charge in [0.25, 0.3) is 5.91 Å². The maximum atomic E-state index is 13.5. The number of alkyl halides is 3. The number of hydrogen-bond acceptors (Lipinski definition) is 1. The van der Waals surface area contributed by atoms with Crippen molar-refractivity contribution in [2.24, 2.45) is 0 Å². The second kappa shape index (κ2) is 6.58. The molecule has 0 atom stereocenters. The van der Waals surface area contributed by atoms with Crippen LogP contribution in [0.25, 0.3) is 0 Å². The van der Waals surface area contributed by atoms with Crippen LogP contribution in [0.2, 0.25) is 5.02 Å². The van der Waals surface area contributed by atoms with Crippen molar-refractivity contribution in [3.63, 3.8) is 0 Å². The summed E-state index contributed by atoms with van der Waals surface area (Å²) in [6.45, 7) is 4.01. The van der Waals surface area contributed by atoms with Crippen LogP contribution in [0.15, 0.2) is 12.1 Å². The van der Waals surface area contributed by atoms with Gasteiger partial charge in [0.1, 0.15) is 5.82 Å². The van der Waals surface area contributed by atoms with E-state index in [4.69, 9.17) is 11.6 Å². The van der Waals surface area contributed by atoms with E-state index >= 15 is 0 Å². The van der Waals surface area contributed by atoms with E-state index < -0.39 is 32.1 Å². The smallest absolute Gasteiger partial charge is 0.339 e. The zero-order valence-corrected chi connectivity index (χ0v) is 13.2. The Morgan fingerprint density at radius 3 is 2.30 bits per heavy atom. The fraction of sp³-hybridized carbons (Fsp3) is 0.417. The van der Waals surface area contributed by atoms with E-state index in [0.717, 1.165) is 12.1 Å². The molecular weight excluding hydrogens is 314 g/mol. The first kappa shape index (κ1) is 17.0. The molecule has 0 saturated heterocycles. The SMILES string of the molecule is CCN(CC)C(=O)c1c([SiH2]C(F)(F)F)ccc(F)c1Cl. The molecule has 0 aliphatic carbocycles. The van der Waals surface area contributed by atoms with Gasteiger partial charge in [-0.15, -0.1) is 0 Å². The molecule has 0 saturated carbocycles. The van der Waals surface area contributed by atoms with Crippen molar-refractivity contribution in [2.45, 2.75) is 19.6 Å². The Morgan fingerprint density at radius 2 is 1.85 bits per heavy atom. The topological polar surface area (TPSA) is 20.3 Å². The van der Waals surface area contributed by atoms with Crippen molar-refractivity contribution < 1.29 is 22.4 Å². The molecule has 1 rings (SSSR count). The fourth-order valence-corrected chi connectivity index (χ4v) is 3.40. The highest BCUT2D eigenvalue weighted by Gasteiger charge is 2.32. The quantitative estimate of drug-likeness (QED) is 0.614. The highest BCUT2D eigenvalue weighted by atomic mass is 35.5. The van der Waals surface area contributed by atoms with Gasteiger partial charge in [0.05, 0.1) is 10.6 Å². The van der Waals surface area contributed by atoms with E-state index in [1.54, 1.807) is 13.8 Å². The Balaban J connectivity index is 3.34. The highest BCUT2D eigenvalue weighted by Crippen LogP contribution is 2.22. The summed E-state index contributed by atoms with van der Waals surface area (Å²) in [5.41, 5.74) is -0.348. The van der Waals surface area contributed by atoms with Crippen LogP contribution in [-0.2, 0) is 0 Å². The van der Waals surface area contributed by atoms with Gasteiger partial charge in [-0.3, -0.25) is 4.79 Å². The molecule has 2 nitrogen and oxygen atoms in total. The van der Waals surface area contributed by atoms with Crippen molar-refractivity contribution in [2.75, 3.05) is 13.1 Å². The lowest BCUT2D eigenvalue weighted by molar-refractivity contribution is -0.0455. The van der Waals surface area contributed by atoms with Gasteiger partial charge >= 0.3 is 5.80 Å². The number of nitrogens with zero attached hydrogens (tertiary/aromatic N) is 1. The van der Waals surface area contributed by atoms with Gasteiger partial charge in [-0.25, -0.2) is 4.39 Å². The Morgan fingerprint density at radius 1 is 1.30 bits per heavy atom. The lowest BCUT2D eigenvalue weighted by atomic mass is 10.2. The molecule has 0 bridgehead atoms. The van der Waals surface area contributed by atoms with Crippen LogP contribution in [0.4, 0.5) is 17.6 Å². The predicted octanol–water partition coefficient (Wildman–Crippen LogP) is 2.28. The number of benzene rings is 1. The van der Waals surface area contributed by atoms with Gasteiger partial charge in [-0.2, -0.15) is 13.2 Å². The third-order valence-electron chi connectivity index (χ3n) is 2.84. The minimum Gasteiger partial charge on any atom is -0.339 e. The summed E-state index contributed by atoms with van der Waals surface area (Å²) in [6, 6.07) is 1.88. The summed E-state index contributed by atoms with van der Waals surface area (Å²) in [4.78, 5) is 13.5. The Kier molecular flexibility index (Phi) is 5.58. The van der Waals surface area contributed by atoms with Crippen molar-refractivity contribution in [3.8, 4) is 0 Å². The largest absolute Gasteiger partial charge is 0.359 e. The van der Waals surface area contributed by atoms with Gasteiger partial charge in [0.15, 0.2) is 9.52 Å². The van der Waals surface area contributed by atoms with Crippen molar-refractivity contribution in [1.29, 1.82) is 0 Å². The second-order valence-corrected chi connectivity index (χ2v) is 6.46. The molecule has 0 aromatic heterocycles. The van der Waals surface area contributed by atoms with E-state index in [1.165, 1.54) is 4.90 Å². The summed E-state index contributed by atoms with van der Waals surface area (Å²) in [6.07, 6.45) is 0. The van der Waals surface area contributed by atoms with Crippen LogP contribution < -0.4 is 5.19 Å².